The molecule has 21 heavy (non-hydrogen) atoms. The van der Waals surface area contributed by atoms with E-state index in [4.69, 9.17) is 9.52 Å². The number of hydrogen-bond acceptors (Lipinski definition) is 5. The number of aryl methyl sites for hydroxylation is 1. The monoisotopic (exact) mass is 316 g/mol. The van der Waals surface area contributed by atoms with E-state index in [1.807, 2.05) is 20.9 Å². The van der Waals surface area contributed by atoms with Gasteiger partial charge in [-0.15, -0.1) is 0 Å². The minimum absolute atomic E-state index is 0.0692. The Morgan fingerprint density at radius 2 is 2.00 bits per heavy atom. The van der Waals surface area contributed by atoms with Crippen LogP contribution in [-0.2, 0) is 10.0 Å². The predicted octanol–water partition coefficient (Wildman–Crippen LogP) is 1.00. The second-order valence-electron chi connectivity index (χ2n) is 5.91. The lowest BCUT2D eigenvalue weighted by Gasteiger charge is -2.44. The molecule has 7 nitrogen and oxygen atoms in total. The molecule has 0 radical (unpaired) electrons. The van der Waals surface area contributed by atoms with Crippen LogP contribution in [0, 0.1) is 6.92 Å². The van der Waals surface area contributed by atoms with Crippen LogP contribution in [0.1, 0.15) is 30.2 Å². The smallest absolute Gasteiger partial charge is 0.371 e. The van der Waals surface area contributed by atoms with Gasteiger partial charge in [0.2, 0.25) is 15.8 Å². The van der Waals surface area contributed by atoms with Gasteiger partial charge >= 0.3 is 5.97 Å². The number of furan rings is 1. The van der Waals surface area contributed by atoms with Crippen molar-refractivity contribution < 1.29 is 22.7 Å². The highest BCUT2D eigenvalue weighted by Crippen LogP contribution is 2.28. The standard InChI is InChI=1S/C13H20N2O5S/c1-9-11(7-10(20-9)12(16)17)21(18,19)15-6-5-14(4)13(2,3)8-15/h7H,5-6,8H2,1-4H3,(H,16,17). The van der Waals surface area contributed by atoms with Gasteiger partial charge in [-0.25, -0.2) is 13.2 Å². The van der Waals surface area contributed by atoms with E-state index in [0.29, 0.717) is 19.6 Å². The SMILES string of the molecule is Cc1oc(C(=O)O)cc1S(=O)(=O)N1CCN(C)C(C)(C)C1. The Bertz CT molecular complexity index is 662. The number of sulfonamides is 1. The van der Waals surface area contributed by atoms with Crippen LogP contribution in [0.2, 0.25) is 0 Å². The van der Waals surface area contributed by atoms with Crippen molar-refractivity contribution in [2.24, 2.45) is 0 Å². The van der Waals surface area contributed by atoms with E-state index in [-0.39, 0.29) is 22.0 Å². The molecule has 2 heterocycles. The molecule has 1 N–H and O–H groups in total. The van der Waals surface area contributed by atoms with Crippen LogP contribution in [-0.4, -0.2) is 60.9 Å². The molecule has 0 aromatic carbocycles. The number of carboxylic acids is 1. The zero-order valence-electron chi connectivity index (χ0n) is 12.6. The molecule has 118 valence electrons. The summed E-state index contributed by atoms with van der Waals surface area (Å²) >= 11 is 0. The first-order chi connectivity index (χ1) is 9.55. The Kier molecular flexibility index (Phi) is 3.90. The van der Waals surface area contributed by atoms with Crippen molar-refractivity contribution in [3.63, 3.8) is 0 Å². The molecule has 8 heteroatoms. The van der Waals surface area contributed by atoms with Crippen molar-refractivity contribution in [2.75, 3.05) is 26.7 Å². The van der Waals surface area contributed by atoms with Gasteiger partial charge in [0.25, 0.3) is 0 Å². The number of piperazine rings is 1. The zero-order chi connectivity index (χ0) is 16.0. The van der Waals surface area contributed by atoms with Gasteiger partial charge in [0, 0.05) is 31.2 Å². The third-order valence-electron chi connectivity index (χ3n) is 3.98. The van der Waals surface area contributed by atoms with Crippen molar-refractivity contribution >= 4 is 16.0 Å². The summed E-state index contributed by atoms with van der Waals surface area (Å²) in [6, 6.07) is 1.08. The van der Waals surface area contributed by atoms with Crippen LogP contribution in [0.3, 0.4) is 0 Å². The van der Waals surface area contributed by atoms with Gasteiger partial charge in [-0.3, -0.25) is 4.90 Å². The molecule has 1 aliphatic rings. The maximum Gasteiger partial charge on any atom is 0.371 e. The molecule has 1 fully saturated rings. The third-order valence-corrected chi connectivity index (χ3v) is 5.93. The number of aromatic carboxylic acids is 1. The van der Waals surface area contributed by atoms with Crippen LogP contribution >= 0.6 is 0 Å². The summed E-state index contributed by atoms with van der Waals surface area (Å²) in [5.41, 5.74) is -0.279. The fraction of sp³-hybridized carbons (Fsp3) is 0.615. The summed E-state index contributed by atoms with van der Waals surface area (Å²) in [6.07, 6.45) is 0. The largest absolute Gasteiger partial charge is 0.475 e. The van der Waals surface area contributed by atoms with E-state index < -0.39 is 16.0 Å². The Morgan fingerprint density at radius 1 is 1.38 bits per heavy atom. The Balaban J connectivity index is 2.37. The molecule has 1 aromatic heterocycles. The average Bonchev–Trinajstić information content (AvgIpc) is 2.75. The number of nitrogens with zero attached hydrogens (tertiary/aromatic N) is 2. The van der Waals surface area contributed by atoms with E-state index in [9.17, 15) is 13.2 Å². The predicted molar refractivity (Wildman–Crippen MR) is 75.9 cm³/mol. The summed E-state index contributed by atoms with van der Waals surface area (Å²) in [7, 11) is -1.80. The molecule has 1 aromatic rings. The first-order valence-electron chi connectivity index (χ1n) is 6.61. The van der Waals surface area contributed by atoms with Crippen LogP contribution < -0.4 is 0 Å². The number of carbonyl (C=O) groups is 1. The van der Waals surface area contributed by atoms with E-state index in [0.717, 1.165) is 6.07 Å². The number of likely N-dealkylation sites (N-methyl/N-ethyl adjacent to an activating group) is 1. The summed E-state index contributed by atoms with van der Waals surface area (Å²) < 4.78 is 31.8. The molecule has 0 aliphatic carbocycles. The lowest BCUT2D eigenvalue weighted by atomic mass is 10.0. The van der Waals surface area contributed by atoms with Crippen molar-refractivity contribution in [1.29, 1.82) is 0 Å². The highest BCUT2D eigenvalue weighted by molar-refractivity contribution is 7.89. The Morgan fingerprint density at radius 3 is 2.48 bits per heavy atom. The third kappa shape index (κ3) is 2.83. The quantitative estimate of drug-likeness (QED) is 0.894. The normalized spacial score (nSPS) is 20.6. The van der Waals surface area contributed by atoms with Gasteiger partial charge in [-0.1, -0.05) is 0 Å². The summed E-state index contributed by atoms with van der Waals surface area (Å²) in [4.78, 5) is 12.9. The second kappa shape index (κ2) is 5.11. The minimum atomic E-state index is -3.75. The van der Waals surface area contributed by atoms with E-state index in [1.54, 1.807) is 0 Å². The van der Waals surface area contributed by atoms with Crippen molar-refractivity contribution in [3.05, 3.63) is 17.6 Å². The van der Waals surface area contributed by atoms with Crippen LogP contribution in [0.5, 0.6) is 0 Å². The molecule has 1 saturated heterocycles. The van der Waals surface area contributed by atoms with Crippen molar-refractivity contribution in [2.45, 2.75) is 31.2 Å². The molecular formula is C13H20N2O5S. The van der Waals surface area contributed by atoms with E-state index >= 15 is 0 Å². The molecule has 0 bridgehead atoms. The fourth-order valence-corrected chi connectivity index (χ4v) is 4.11. The summed E-state index contributed by atoms with van der Waals surface area (Å²) in [6.45, 7) is 6.74. The van der Waals surface area contributed by atoms with E-state index in [1.165, 1.54) is 11.2 Å². The summed E-state index contributed by atoms with van der Waals surface area (Å²) in [5.74, 6) is -1.54. The summed E-state index contributed by atoms with van der Waals surface area (Å²) in [5, 5.41) is 8.91. The first kappa shape index (κ1) is 16.0. The van der Waals surface area contributed by atoms with Gasteiger partial charge in [-0.05, 0) is 27.8 Å². The fourth-order valence-electron chi connectivity index (χ4n) is 2.37. The first-order valence-corrected chi connectivity index (χ1v) is 8.05. The maximum atomic E-state index is 12.7. The second-order valence-corrected chi connectivity index (χ2v) is 7.82. The molecular weight excluding hydrogens is 296 g/mol. The average molecular weight is 316 g/mol. The Hall–Kier alpha value is -1.38. The van der Waals surface area contributed by atoms with Gasteiger partial charge in [0.15, 0.2) is 0 Å². The number of hydrogen-bond donors (Lipinski definition) is 1. The van der Waals surface area contributed by atoms with Crippen LogP contribution in [0.4, 0.5) is 0 Å². The van der Waals surface area contributed by atoms with Gasteiger partial charge < -0.3 is 9.52 Å². The van der Waals surface area contributed by atoms with Crippen molar-refractivity contribution in [3.8, 4) is 0 Å². The van der Waals surface area contributed by atoms with Crippen LogP contribution in [0.15, 0.2) is 15.4 Å². The minimum Gasteiger partial charge on any atom is -0.475 e. The molecule has 0 unspecified atom stereocenters. The highest BCUT2D eigenvalue weighted by Gasteiger charge is 2.38. The molecule has 2 rings (SSSR count). The molecule has 0 amide bonds. The van der Waals surface area contributed by atoms with Gasteiger partial charge in [0.1, 0.15) is 10.7 Å². The van der Waals surface area contributed by atoms with Crippen molar-refractivity contribution in [1.82, 2.24) is 9.21 Å². The highest BCUT2D eigenvalue weighted by atomic mass is 32.2. The van der Waals surface area contributed by atoms with Gasteiger partial charge in [0.05, 0.1) is 0 Å². The van der Waals surface area contributed by atoms with Crippen LogP contribution in [0.25, 0.3) is 0 Å². The zero-order valence-corrected chi connectivity index (χ0v) is 13.4. The number of carboxylic acid groups (broad SMARTS) is 1. The molecule has 0 spiro atoms. The lowest BCUT2D eigenvalue weighted by Crippen LogP contribution is -2.58. The molecule has 0 atom stereocenters. The number of rotatable bonds is 3. The van der Waals surface area contributed by atoms with E-state index in [2.05, 4.69) is 4.90 Å². The molecule has 1 aliphatic heterocycles. The van der Waals surface area contributed by atoms with Gasteiger partial charge in [-0.2, -0.15) is 4.31 Å². The Labute approximate surface area is 124 Å². The molecule has 0 saturated carbocycles. The topological polar surface area (TPSA) is 91.1 Å². The maximum absolute atomic E-state index is 12.7. The lowest BCUT2D eigenvalue weighted by molar-refractivity contribution is 0.0661.